The lowest BCUT2D eigenvalue weighted by Gasteiger charge is -2.07. The van der Waals surface area contributed by atoms with Crippen LogP contribution in [0.3, 0.4) is 0 Å². The first-order chi connectivity index (χ1) is 13.2. The van der Waals surface area contributed by atoms with Gasteiger partial charge in [0.25, 0.3) is 5.56 Å². The Morgan fingerprint density at radius 1 is 1.04 bits per heavy atom. The van der Waals surface area contributed by atoms with Gasteiger partial charge in [0.2, 0.25) is 0 Å². The third-order valence-corrected chi connectivity index (χ3v) is 4.05. The van der Waals surface area contributed by atoms with E-state index in [0.29, 0.717) is 36.4 Å². The van der Waals surface area contributed by atoms with Crippen LogP contribution in [0.25, 0.3) is 16.7 Å². The van der Waals surface area contributed by atoms with Crippen LogP contribution < -0.4 is 10.3 Å². The van der Waals surface area contributed by atoms with Gasteiger partial charge >= 0.3 is 0 Å². The van der Waals surface area contributed by atoms with Gasteiger partial charge in [-0.1, -0.05) is 23.4 Å². The maximum Gasteiger partial charge on any atom is 0.280 e. The van der Waals surface area contributed by atoms with E-state index < -0.39 is 0 Å². The van der Waals surface area contributed by atoms with E-state index >= 15 is 0 Å². The van der Waals surface area contributed by atoms with Crippen molar-refractivity contribution in [1.29, 1.82) is 0 Å². The maximum atomic E-state index is 12.9. The molecule has 27 heavy (non-hydrogen) atoms. The second kappa shape index (κ2) is 7.36. The zero-order valence-corrected chi connectivity index (χ0v) is 14.3. The first-order valence-electron chi connectivity index (χ1n) is 8.48. The third-order valence-electron chi connectivity index (χ3n) is 4.05. The number of para-hydroxylation sites is 1. The molecule has 2 aromatic heterocycles. The van der Waals surface area contributed by atoms with Gasteiger partial charge in [-0.2, -0.15) is 5.10 Å². The van der Waals surface area contributed by atoms with E-state index in [0.717, 1.165) is 5.69 Å². The molecule has 7 nitrogen and oxygen atoms in total. The van der Waals surface area contributed by atoms with Crippen LogP contribution in [0.5, 0.6) is 5.75 Å². The summed E-state index contributed by atoms with van der Waals surface area (Å²) in [6.45, 7) is 0.737. The van der Waals surface area contributed by atoms with Crippen molar-refractivity contribution < 1.29 is 9.13 Å². The van der Waals surface area contributed by atoms with E-state index in [4.69, 9.17) is 4.74 Å². The zero-order valence-electron chi connectivity index (χ0n) is 14.3. The summed E-state index contributed by atoms with van der Waals surface area (Å²) in [6.07, 6.45) is 2.06. The van der Waals surface area contributed by atoms with Gasteiger partial charge in [-0.25, -0.2) is 13.8 Å². The van der Waals surface area contributed by atoms with Crippen molar-refractivity contribution in [2.24, 2.45) is 0 Å². The van der Waals surface area contributed by atoms with Crippen LogP contribution in [-0.2, 0) is 6.54 Å². The summed E-state index contributed by atoms with van der Waals surface area (Å²) < 4.78 is 21.3. The van der Waals surface area contributed by atoms with Crippen molar-refractivity contribution in [3.05, 3.63) is 77.0 Å². The molecule has 4 aromatic rings. The molecule has 0 saturated carbocycles. The Morgan fingerprint density at radius 2 is 1.81 bits per heavy atom. The Balaban J connectivity index is 1.46. The lowest BCUT2D eigenvalue weighted by Crippen LogP contribution is -2.25. The summed E-state index contributed by atoms with van der Waals surface area (Å²) in [5, 5.41) is 12.8. The van der Waals surface area contributed by atoms with Gasteiger partial charge in [0, 0.05) is 13.0 Å². The second-order valence-corrected chi connectivity index (χ2v) is 5.90. The van der Waals surface area contributed by atoms with Gasteiger partial charge in [-0.3, -0.25) is 4.79 Å². The highest BCUT2D eigenvalue weighted by molar-refractivity contribution is 5.74. The molecule has 0 N–H and O–H groups in total. The number of aryl methyl sites for hydroxylation is 1. The maximum absolute atomic E-state index is 12.9. The second-order valence-electron chi connectivity index (χ2n) is 5.90. The van der Waals surface area contributed by atoms with E-state index in [9.17, 15) is 9.18 Å². The average molecular weight is 365 g/mol. The summed E-state index contributed by atoms with van der Waals surface area (Å²) in [4.78, 5) is 12.6. The number of aromatic nitrogens is 5. The Morgan fingerprint density at radius 3 is 2.59 bits per heavy atom. The third kappa shape index (κ3) is 3.55. The predicted molar refractivity (Wildman–Crippen MR) is 97.4 cm³/mol. The Kier molecular flexibility index (Phi) is 4.61. The Hall–Kier alpha value is -3.55. The molecular formula is C19H16FN5O2. The van der Waals surface area contributed by atoms with Crippen molar-refractivity contribution in [2.75, 3.05) is 6.61 Å². The number of nitrogens with zero attached hydrogens (tertiary/aromatic N) is 5. The summed E-state index contributed by atoms with van der Waals surface area (Å²) in [5.41, 5.74) is 0.987. The van der Waals surface area contributed by atoms with E-state index in [-0.39, 0.29) is 11.4 Å². The fourth-order valence-electron chi connectivity index (χ4n) is 2.70. The zero-order chi connectivity index (χ0) is 18.6. The van der Waals surface area contributed by atoms with Crippen LogP contribution in [0, 0.1) is 5.82 Å². The Bertz CT molecular complexity index is 1110. The standard InChI is InChI=1S/C19H16FN5O2/c20-14-7-9-16(10-8-14)27-12-4-11-24-19(26)17-13-21-25(18(17)22-23-24)15-5-2-1-3-6-15/h1-3,5-10,13H,4,11-12H2. The molecule has 0 aliphatic heterocycles. The highest BCUT2D eigenvalue weighted by Gasteiger charge is 2.12. The minimum Gasteiger partial charge on any atom is -0.494 e. The molecule has 2 aromatic carbocycles. The Labute approximate surface area is 153 Å². The molecule has 136 valence electrons. The molecule has 0 radical (unpaired) electrons. The molecule has 0 aliphatic rings. The van der Waals surface area contributed by atoms with Gasteiger partial charge in [-0.15, -0.1) is 5.10 Å². The normalized spacial score (nSPS) is 11.0. The van der Waals surface area contributed by atoms with E-state index in [1.165, 1.54) is 23.0 Å². The summed E-state index contributed by atoms with van der Waals surface area (Å²) in [7, 11) is 0. The largest absolute Gasteiger partial charge is 0.494 e. The van der Waals surface area contributed by atoms with Crippen molar-refractivity contribution in [2.45, 2.75) is 13.0 Å². The van der Waals surface area contributed by atoms with Crippen LogP contribution in [0.4, 0.5) is 4.39 Å². The highest BCUT2D eigenvalue weighted by Crippen LogP contribution is 2.13. The molecule has 4 rings (SSSR count). The molecule has 0 bridgehead atoms. The molecule has 0 amide bonds. The number of hydrogen-bond acceptors (Lipinski definition) is 5. The minimum absolute atomic E-state index is 0.246. The lowest BCUT2D eigenvalue weighted by atomic mass is 10.3. The van der Waals surface area contributed by atoms with Crippen molar-refractivity contribution in [3.63, 3.8) is 0 Å². The molecule has 0 saturated heterocycles. The first-order valence-corrected chi connectivity index (χ1v) is 8.48. The number of rotatable bonds is 6. The predicted octanol–water partition coefficient (Wildman–Crippen LogP) is 2.59. The van der Waals surface area contributed by atoms with Gasteiger partial charge in [0.05, 0.1) is 18.5 Å². The van der Waals surface area contributed by atoms with E-state index in [1.54, 1.807) is 16.8 Å². The number of hydrogen-bond donors (Lipinski definition) is 0. The number of halogens is 1. The van der Waals surface area contributed by atoms with Crippen molar-refractivity contribution >= 4 is 11.0 Å². The van der Waals surface area contributed by atoms with Crippen LogP contribution in [0.15, 0.2) is 65.6 Å². The molecular weight excluding hydrogens is 349 g/mol. The van der Waals surface area contributed by atoms with E-state index in [1.807, 2.05) is 30.3 Å². The van der Waals surface area contributed by atoms with E-state index in [2.05, 4.69) is 15.4 Å². The van der Waals surface area contributed by atoms with Crippen LogP contribution in [-0.4, -0.2) is 31.4 Å². The molecule has 2 heterocycles. The van der Waals surface area contributed by atoms with Gasteiger partial charge in [-0.05, 0) is 36.4 Å². The molecule has 0 atom stereocenters. The topological polar surface area (TPSA) is 74.8 Å². The summed E-state index contributed by atoms with van der Waals surface area (Å²) >= 11 is 0. The number of fused-ring (bicyclic) bond motifs is 1. The van der Waals surface area contributed by atoms with Crippen LogP contribution >= 0.6 is 0 Å². The van der Waals surface area contributed by atoms with Gasteiger partial charge in [0.15, 0.2) is 5.65 Å². The summed E-state index contributed by atoms with van der Waals surface area (Å²) in [6, 6.07) is 15.2. The molecule has 0 fully saturated rings. The quantitative estimate of drug-likeness (QED) is 0.491. The monoisotopic (exact) mass is 365 g/mol. The minimum atomic E-state index is -0.312. The van der Waals surface area contributed by atoms with Crippen molar-refractivity contribution in [3.8, 4) is 11.4 Å². The number of ether oxygens (including phenoxy) is 1. The molecule has 0 spiro atoms. The molecule has 8 heteroatoms. The SMILES string of the molecule is O=c1c2cnn(-c3ccccc3)c2nnn1CCCOc1ccc(F)cc1. The highest BCUT2D eigenvalue weighted by atomic mass is 19.1. The fourth-order valence-corrected chi connectivity index (χ4v) is 2.70. The molecule has 0 unspecified atom stereocenters. The molecule has 0 aliphatic carbocycles. The smallest absolute Gasteiger partial charge is 0.280 e. The van der Waals surface area contributed by atoms with Crippen molar-refractivity contribution in [1.82, 2.24) is 24.8 Å². The summed E-state index contributed by atoms with van der Waals surface area (Å²) in [5.74, 6) is 0.267. The first kappa shape index (κ1) is 16.9. The lowest BCUT2D eigenvalue weighted by molar-refractivity contribution is 0.295. The van der Waals surface area contributed by atoms with Gasteiger partial charge in [0.1, 0.15) is 17.0 Å². The van der Waals surface area contributed by atoms with Crippen LogP contribution in [0.2, 0.25) is 0 Å². The number of benzene rings is 2. The van der Waals surface area contributed by atoms with Gasteiger partial charge < -0.3 is 4.74 Å². The van der Waals surface area contributed by atoms with Crippen LogP contribution in [0.1, 0.15) is 6.42 Å². The average Bonchev–Trinajstić information content (AvgIpc) is 3.14. The fraction of sp³-hybridized carbons (Fsp3) is 0.158.